The van der Waals surface area contributed by atoms with Gasteiger partial charge in [-0.1, -0.05) is 37.3 Å². The van der Waals surface area contributed by atoms with Gasteiger partial charge in [-0.3, -0.25) is 9.78 Å². The topological polar surface area (TPSA) is 42.0 Å². The fraction of sp³-hybridized carbons (Fsp3) is 0.333. The molecule has 1 amide bonds. The number of rotatable bonds is 5. The molecule has 0 aliphatic heterocycles. The summed E-state index contributed by atoms with van der Waals surface area (Å²) in [6.45, 7) is 2.71. The molecule has 1 aliphatic rings. The molecule has 1 aliphatic carbocycles. The molecule has 3 rings (SSSR count). The molecule has 1 saturated carbocycles. The molecule has 0 spiro atoms. The Balaban J connectivity index is 1.56. The SMILES string of the molecule is CCc1cnccc1CNC(=O)[C@H]1C[C@@H]1c1ccccc1. The minimum absolute atomic E-state index is 0.138. The monoisotopic (exact) mass is 280 g/mol. The molecule has 21 heavy (non-hydrogen) atoms. The molecule has 0 bridgehead atoms. The zero-order chi connectivity index (χ0) is 14.7. The minimum Gasteiger partial charge on any atom is -0.352 e. The number of benzene rings is 1. The van der Waals surface area contributed by atoms with E-state index in [-0.39, 0.29) is 11.8 Å². The van der Waals surface area contributed by atoms with E-state index in [9.17, 15) is 4.79 Å². The molecule has 1 fully saturated rings. The van der Waals surface area contributed by atoms with Crippen molar-refractivity contribution in [3.8, 4) is 0 Å². The third-order valence-electron chi connectivity index (χ3n) is 4.19. The maximum Gasteiger partial charge on any atom is 0.224 e. The van der Waals surface area contributed by atoms with Crippen LogP contribution in [0.5, 0.6) is 0 Å². The van der Waals surface area contributed by atoms with E-state index in [1.165, 1.54) is 11.1 Å². The van der Waals surface area contributed by atoms with Gasteiger partial charge in [0.25, 0.3) is 0 Å². The minimum atomic E-state index is 0.138. The molecule has 1 aromatic carbocycles. The molecule has 1 heterocycles. The zero-order valence-corrected chi connectivity index (χ0v) is 12.3. The Kier molecular flexibility index (Phi) is 4.00. The predicted molar refractivity (Wildman–Crippen MR) is 82.8 cm³/mol. The molecule has 3 heteroatoms. The number of amides is 1. The molecule has 3 nitrogen and oxygen atoms in total. The standard InChI is InChI=1S/C18H20N2O/c1-2-13-11-19-9-8-15(13)12-20-18(21)17-10-16(17)14-6-4-3-5-7-14/h3-9,11,16-17H,2,10,12H2,1H3,(H,20,21)/t16-,17+/m1/s1. The average Bonchev–Trinajstić information content (AvgIpc) is 3.34. The smallest absolute Gasteiger partial charge is 0.224 e. The Bertz CT molecular complexity index is 624. The summed E-state index contributed by atoms with van der Waals surface area (Å²) in [5, 5.41) is 3.07. The largest absolute Gasteiger partial charge is 0.352 e. The van der Waals surface area contributed by atoms with Gasteiger partial charge in [0.05, 0.1) is 0 Å². The third kappa shape index (κ3) is 3.13. The van der Waals surface area contributed by atoms with Crippen LogP contribution in [0.3, 0.4) is 0 Å². The number of aromatic nitrogens is 1. The fourth-order valence-corrected chi connectivity index (χ4v) is 2.81. The lowest BCUT2D eigenvalue weighted by molar-refractivity contribution is -0.122. The van der Waals surface area contributed by atoms with Crippen molar-refractivity contribution in [2.75, 3.05) is 0 Å². The van der Waals surface area contributed by atoms with Gasteiger partial charge in [-0.15, -0.1) is 0 Å². The number of pyridine rings is 1. The maximum absolute atomic E-state index is 12.2. The second kappa shape index (κ2) is 6.08. The second-order valence-corrected chi connectivity index (χ2v) is 5.58. The van der Waals surface area contributed by atoms with Gasteiger partial charge < -0.3 is 5.32 Å². The third-order valence-corrected chi connectivity index (χ3v) is 4.19. The molecule has 0 unspecified atom stereocenters. The quantitative estimate of drug-likeness (QED) is 0.914. The van der Waals surface area contributed by atoms with Gasteiger partial charge in [-0.25, -0.2) is 0 Å². The van der Waals surface area contributed by atoms with E-state index in [2.05, 4.69) is 29.4 Å². The summed E-state index contributed by atoms with van der Waals surface area (Å²) in [6.07, 6.45) is 5.57. The van der Waals surface area contributed by atoms with E-state index in [0.717, 1.165) is 18.4 Å². The number of carbonyl (C=O) groups excluding carboxylic acids is 1. The number of hydrogen-bond donors (Lipinski definition) is 1. The molecule has 0 radical (unpaired) electrons. The Morgan fingerprint density at radius 2 is 2.05 bits per heavy atom. The summed E-state index contributed by atoms with van der Waals surface area (Å²) in [5.41, 5.74) is 3.64. The van der Waals surface area contributed by atoms with Crippen molar-refractivity contribution in [1.29, 1.82) is 0 Å². The highest BCUT2D eigenvalue weighted by Gasteiger charge is 2.43. The molecule has 1 N–H and O–H groups in total. The average molecular weight is 280 g/mol. The second-order valence-electron chi connectivity index (χ2n) is 5.58. The van der Waals surface area contributed by atoms with E-state index in [0.29, 0.717) is 12.5 Å². The number of aryl methyl sites for hydroxylation is 1. The predicted octanol–water partition coefficient (Wildman–Crippen LogP) is 3.06. The van der Waals surface area contributed by atoms with Crippen molar-refractivity contribution in [2.45, 2.75) is 32.2 Å². The molecular weight excluding hydrogens is 260 g/mol. The van der Waals surface area contributed by atoms with Crippen molar-refractivity contribution >= 4 is 5.91 Å². The van der Waals surface area contributed by atoms with Crippen LogP contribution in [0.25, 0.3) is 0 Å². The van der Waals surface area contributed by atoms with Crippen molar-refractivity contribution in [3.05, 3.63) is 65.5 Å². The maximum atomic E-state index is 12.2. The lowest BCUT2D eigenvalue weighted by Gasteiger charge is -2.09. The summed E-state index contributed by atoms with van der Waals surface area (Å²) in [5.74, 6) is 0.705. The zero-order valence-electron chi connectivity index (χ0n) is 12.3. The number of hydrogen-bond acceptors (Lipinski definition) is 2. The van der Waals surface area contributed by atoms with Crippen LogP contribution >= 0.6 is 0 Å². The summed E-state index contributed by atoms with van der Waals surface area (Å²) in [7, 11) is 0. The van der Waals surface area contributed by atoms with E-state index in [1.54, 1.807) is 6.20 Å². The van der Waals surface area contributed by atoms with Crippen molar-refractivity contribution in [1.82, 2.24) is 10.3 Å². The van der Waals surface area contributed by atoms with Crippen LogP contribution in [-0.4, -0.2) is 10.9 Å². The first-order chi connectivity index (χ1) is 10.3. The van der Waals surface area contributed by atoms with Crippen LogP contribution in [0.15, 0.2) is 48.8 Å². The van der Waals surface area contributed by atoms with Crippen LogP contribution in [0.4, 0.5) is 0 Å². The van der Waals surface area contributed by atoms with Crippen LogP contribution in [0.1, 0.15) is 36.0 Å². The first-order valence-electron chi connectivity index (χ1n) is 7.54. The highest BCUT2D eigenvalue weighted by molar-refractivity contribution is 5.82. The van der Waals surface area contributed by atoms with Crippen LogP contribution in [-0.2, 0) is 17.8 Å². The Morgan fingerprint density at radius 1 is 1.24 bits per heavy atom. The van der Waals surface area contributed by atoms with Crippen LogP contribution in [0.2, 0.25) is 0 Å². The van der Waals surface area contributed by atoms with E-state index < -0.39 is 0 Å². The molecule has 1 aromatic heterocycles. The fourth-order valence-electron chi connectivity index (χ4n) is 2.81. The highest BCUT2D eigenvalue weighted by Crippen LogP contribution is 2.47. The van der Waals surface area contributed by atoms with E-state index >= 15 is 0 Å². The van der Waals surface area contributed by atoms with Gasteiger partial charge in [0, 0.05) is 24.9 Å². The summed E-state index contributed by atoms with van der Waals surface area (Å²) >= 11 is 0. The summed E-state index contributed by atoms with van der Waals surface area (Å²) in [6, 6.07) is 12.3. The first kappa shape index (κ1) is 13.8. The summed E-state index contributed by atoms with van der Waals surface area (Å²) < 4.78 is 0. The van der Waals surface area contributed by atoms with Gasteiger partial charge in [0.1, 0.15) is 0 Å². The lowest BCUT2D eigenvalue weighted by Crippen LogP contribution is -2.25. The number of carbonyl (C=O) groups is 1. The van der Waals surface area contributed by atoms with Gasteiger partial charge in [-0.05, 0) is 41.5 Å². The molecular formula is C18H20N2O. The summed E-state index contributed by atoms with van der Waals surface area (Å²) in [4.78, 5) is 16.4. The molecule has 2 aromatic rings. The van der Waals surface area contributed by atoms with Gasteiger partial charge >= 0.3 is 0 Å². The van der Waals surface area contributed by atoms with Crippen molar-refractivity contribution < 1.29 is 4.79 Å². The molecule has 2 atom stereocenters. The van der Waals surface area contributed by atoms with E-state index in [1.807, 2.05) is 30.5 Å². The van der Waals surface area contributed by atoms with Gasteiger partial charge in [0.2, 0.25) is 5.91 Å². The number of nitrogens with one attached hydrogen (secondary N) is 1. The van der Waals surface area contributed by atoms with Gasteiger partial charge in [0.15, 0.2) is 0 Å². The van der Waals surface area contributed by atoms with Crippen molar-refractivity contribution in [2.24, 2.45) is 5.92 Å². The Hall–Kier alpha value is -2.16. The van der Waals surface area contributed by atoms with Crippen molar-refractivity contribution in [3.63, 3.8) is 0 Å². The lowest BCUT2D eigenvalue weighted by atomic mass is 10.1. The molecule has 108 valence electrons. The van der Waals surface area contributed by atoms with Gasteiger partial charge in [-0.2, -0.15) is 0 Å². The molecule has 0 saturated heterocycles. The first-order valence-corrected chi connectivity index (χ1v) is 7.54. The normalized spacial score (nSPS) is 20.0. The Morgan fingerprint density at radius 3 is 2.81 bits per heavy atom. The van der Waals surface area contributed by atoms with E-state index in [4.69, 9.17) is 0 Å². The highest BCUT2D eigenvalue weighted by atomic mass is 16.2. The van der Waals surface area contributed by atoms with Crippen LogP contribution < -0.4 is 5.32 Å². The van der Waals surface area contributed by atoms with Crippen LogP contribution in [0, 0.1) is 5.92 Å². The Labute approximate surface area is 125 Å². The number of nitrogens with zero attached hydrogens (tertiary/aromatic N) is 1.